The van der Waals surface area contributed by atoms with Crippen LogP contribution in [-0.4, -0.2) is 29.4 Å². The Labute approximate surface area is 149 Å². The van der Waals surface area contributed by atoms with Crippen molar-refractivity contribution >= 4 is 15.7 Å². The lowest BCUT2D eigenvalue weighted by Crippen LogP contribution is -2.16. The molecule has 27 heavy (non-hydrogen) atoms. The van der Waals surface area contributed by atoms with E-state index in [-0.39, 0.29) is 16.0 Å². The van der Waals surface area contributed by atoms with Crippen LogP contribution in [-0.2, 0) is 16.0 Å². The molecule has 3 aromatic rings. The van der Waals surface area contributed by atoms with E-state index in [1.165, 1.54) is 18.3 Å². The molecule has 0 unspecified atom stereocenters. The summed E-state index contributed by atoms with van der Waals surface area (Å²) in [5.74, 6) is -3.12. The van der Waals surface area contributed by atoms with Crippen LogP contribution in [0.2, 0.25) is 0 Å². The molecule has 1 aromatic carbocycles. The van der Waals surface area contributed by atoms with Crippen molar-refractivity contribution in [3.05, 3.63) is 54.2 Å². The van der Waals surface area contributed by atoms with E-state index in [1.807, 2.05) is 0 Å². The van der Waals surface area contributed by atoms with Crippen molar-refractivity contribution in [3.63, 3.8) is 0 Å². The van der Waals surface area contributed by atoms with Crippen LogP contribution >= 0.6 is 0 Å². The normalized spacial score (nSPS) is 12.1. The van der Waals surface area contributed by atoms with Gasteiger partial charge in [0, 0.05) is 18.0 Å². The lowest BCUT2D eigenvalue weighted by molar-refractivity contribution is -0.159. The molecule has 0 saturated carbocycles. The molecule has 140 valence electrons. The lowest BCUT2D eigenvalue weighted by atomic mass is 10.1. The maximum atomic E-state index is 12.8. The Morgan fingerprint density at radius 2 is 1.93 bits per heavy atom. The zero-order valence-electron chi connectivity index (χ0n) is 13.1. The number of rotatable bonds is 4. The van der Waals surface area contributed by atoms with Gasteiger partial charge >= 0.3 is 12.1 Å². The molecule has 0 spiro atoms. The molecule has 0 saturated heterocycles. The highest BCUT2D eigenvalue weighted by molar-refractivity contribution is 7.91. The first-order valence-corrected chi connectivity index (χ1v) is 8.59. The standard InChI is InChI=1S/C15H9F3N4O4S/c16-15(17,18)14-21-13(22-26-14)8-3-4-10(12(19)23)11(6-8)27(24,25)9-2-1-5-20-7-9/h1-7H,(H2,19,23). The van der Waals surface area contributed by atoms with Crippen LogP contribution in [0.25, 0.3) is 11.4 Å². The van der Waals surface area contributed by atoms with E-state index in [0.29, 0.717) is 0 Å². The van der Waals surface area contributed by atoms with Crippen LogP contribution in [0.1, 0.15) is 16.2 Å². The molecule has 0 aliphatic carbocycles. The summed E-state index contributed by atoms with van der Waals surface area (Å²) in [6, 6.07) is 5.79. The summed E-state index contributed by atoms with van der Waals surface area (Å²) in [7, 11) is -4.24. The number of benzene rings is 1. The zero-order chi connectivity index (χ0) is 19.8. The van der Waals surface area contributed by atoms with Gasteiger partial charge in [0.15, 0.2) is 0 Å². The Bertz CT molecular complexity index is 1110. The SMILES string of the molecule is NC(=O)c1ccc(-c2noc(C(F)(F)F)n2)cc1S(=O)(=O)c1cccnc1. The molecule has 0 aliphatic heterocycles. The molecule has 3 rings (SSSR count). The Hall–Kier alpha value is -3.28. The largest absolute Gasteiger partial charge is 0.471 e. The molecule has 2 aromatic heterocycles. The highest BCUT2D eigenvalue weighted by atomic mass is 32.2. The van der Waals surface area contributed by atoms with Gasteiger partial charge in [-0.15, -0.1) is 0 Å². The van der Waals surface area contributed by atoms with Crippen molar-refractivity contribution < 1.29 is 30.9 Å². The average Bonchev–Trinajstić information content (AvgIpc) is 3.12. The third-order valence-electron chi connectivity index (χ3n) is 3.41. The minimum atomic E-state index is -4.86. The fourth-order valence-corrected chi connectivity index (χ4v) is 3.63. The molecule has 2 N–H and O–H groups in total. The van der Waals surface area contributed by atoms with Crippen LogP contribution in [0.5, 0.6) is 0 Å². The van der Waals surface area contributed by atoms with E-state index >= 15 is 0 Å². The number of carbonyl (C=O) groups is 1. The maximum absolute atomic E-state index is 12.8. The second-order valence-electron chi connectivity index (χ2n) is 5.19. The van der Waals surface area contributed by atoms with Gasteiger partial charge in [0.2, 0.25) is 21.6 Å². The molecular weight excluding hydrogens is 389 g/mol. The number of primary amides is 1. The van der Waals surface area contributed by atoms with Gasteiger partial charge in [0.05, 0.1) is 15.4 Å². The molecule has 12 heteroatoms. The van der Waals surface area contributed by atoms with E-state index in [4.69, 9.17) is 5.73 Å². The highest BCUT2D eigenvalue weighted by Crippen LogP contribution is 2.31. The summed E-state index contributed by atoms with van der Waals surface area (Å²) < 4.78 is 67.6. The molecule has 8 nitrogen and oxygen atoms in total. The number of nitrogens with two attached hydrogens (primary N) is 1. The van der Waals surface area contributed by atoms with Crippen LogP contribution < -0.4 is 5.73 Å². The van der Waals surface area contributed by atoms with Crippen molar-refractivity contribution in [3.8, 4) is 11.4 Å². The van der Waals surface area contributed by atoms with Gasteiger partial charge in [-0.25, -0.2) is 8.42 Å². The van der Waals surface area contributed by atoms with Crippen LogP contribution in [0.3, 0.4) is 0 Å². The fourth-order valence-electron chi connectivity index (χ4n) is 2.18. The van der Waals surface area contributed by atoms with Crippen molar-refractivity contribution in [2.45, 2.75) is 16.0 Å². The first kappa shape index (κ1) is 18.5. The van der Waals surface area contributed by atoms with Crippen molar-refractivity contribution in [1.82, 2.24) is 15.1 Å². The molecular formula is C15H9F3N4O4S. The summed E-state index contributed by atoms with van der Waals surface area (Å²) in [5, 5.41) is 3.19. The summed E-state index contributed by atoms with van der Waals surface area (Å²) >= 11 is 0. The third kappa shape index (κ3) is 3.51. The van der Waals surface area contributed by atoms with Crippen LogP contribution in [0.15, 0.2) is 57.0 Å². The second kappa shape index (κ2) is 6.46. The van der Waals surface area contributed by atoms with E-state index in [0.717, 1.165) is 24.4 Å². The topological polar surface area (TPSA) is 129 Å². The molecule has 0 bridgehead atoms. The number of pyridine rings is 1. The van der Waals surface area contributed by atoms with Gasteiger partial charge in [0.25, 0.3) is 0 Å². The summed E-state index contributed by atoms with van der Waals surface area (Å²) in [6.45, 7) is 0. The van der Waals surface area contributed by atoms with Gasteiger partial charge in [0.1, 0.15) is 0 Å². The van der Waals surface area contributed by atoms with Gasteiger partial charge < -0.3 is 10.3 Å². The molecule has 0 atom stereocenters. The molecule has 0 aliphatic rings. The number of nitrogens with zero attached hydrogens (tertiary/aromatic N) is 3. The predicted molar refractivity (Wildman–Crippen MR) is 82.9 cm³/mol. The Morgan fingerprint density at radius 1 is 1.19 bits per heavy atom. The number of aromatic nitrogens is 3. The van der Waals surface area contributed by atoms with Crippen molar-refractivity contribution in [2.75, 3.05) is 0 Å². The number of sulfone groups is 1. The van der Waals surface area contributed by atoms with E-state index < -0.39 is 38.5 Å². The van der Waals surface area contributed by atoms with Crippen molar-refractivity contribution in [1.29, 1.82) is 0 Å². The van der Waals surface area contributed by atoms with Gasteiger partial charge in [-0.05, 0) is 24.3 Å². The van der Waals surface area contributed by atoms with Gasteiger partial charge in [-0.1, -0.05) is 11.2 Å². The monoisotopic (exact) mass is 398 g/mol. The van der Waals surface area contributed by atoms with E-state index in [1.54, 1.807) is 0 Å². The zero-order valence-corrected chi connectivity index (χ0v) is 14.0. The second-order valence-corrected chi connectivity index (χ2v) is 7.11. The number of halogens is 3. The number of alkyl halides is 3. The lowest BCUT2D eigenvalue weighted by Gasteiger charge is -2.09. The summed E-state index contributed by atoms with van der Waals surface area (Å²) in [4.78, 5) is 17.8. The maximum Gasteiger partial charge on any atom is 0.471 e. The number of hydrogen-bond acceptors (Lipinski definition) is 7. The summed E-state index contributed by atoms with van der Waals surface area (Å²) in [5.41, 5.74) is 4.77. The fraction of sp³-hybridized carbons (Fsp3) is 0.0667. The highest BCUT2D eigenvalue weighted by Gasteiger charge is 2.38. The molecule has 0 fully saturated rings. The third-order valence-corrected chi connectivity index (χ3v) is 5.19. The minimum absolute atomic E-state index is 0.110. The minimum Gasteiger partial charge on any atom is -0.366 e. The Balaban J connectivity index is 2.18. The number of amides is 1. The number of hydrogen-bond donors (Lipinski definition) is 1. The quantitative estimate of drug-likeness (QED) is 0.712. The van der Waals surface area contributed by atoms with Crippen LogP contribution in [0, 0.1) is 0 Å². The van der Waals surface area contributed by atoms with E-state index in [9.17, 15) is 26.4 Å². The summed E-state index contributed by atoms with van der Waals surface area (Å²) in [6.07, 6.45) is -2.45. The number of carbonyl (C=O) groups excluding carboxylic acids is 1. The molecule has 0 radical (unpaired) electrons. The predicted octanol–water partition coefficient (Wildman–Crippen LogP) is 2.08. The van der Waals surface area contributed by atoms with Gasteiger partial charge in [-0.3, -0.25) is 9.78 Å². The molecule has 1 amide bonds. The van der Waals surface area contributed by atoms with Crippen molar-refractivity contribution in [2.24, 2.45) is 5.73 Å². The average molecular weight is 398 g/mol. The Kier molecular flexibility index (Phi) is 4.43. The smallest absolute Gasteiger partial charge is 0.366 e. The Morgan fingerprint density at radius 3 is 2.48 bits per heavy atom. The molecule has 2 heterocycles. The first-order chi connectivity index (χ1) is 12.6. The first-order valence-electron chi connectivity index (χ1n) is 7.11. The van der Waals surface area contributed by atoms with Gasteiger partial charge in [-0.2, -0.15) is 18.2 Å². The van der Waals surface area contributed by atoms with Crippen LogP contribution in [0.4, 0.5) is 13.2 Å². The van der Waals surface area contributed by atoms with E-state index in [2.05, 4.69) is 19.6 Å².